The van der Waals surface area contributed by atoms with Gasteiger partial charge >= 0.3 is 7.12 Å². The van der Waals surface area contributed by atoms with Crippen molar-refractivity contribution >= 4 is 30.7 Å². The van der Waals surface area contributed by atoms with Crippen LogP contribution in [0.5, 0.6) is 0 Å². The van der Waals surface area contributed by atoms with Crippen LogP contribution in [0.2, 0.25) is 0 Å². The lowest BCUT2D eigenvalue weighted by molar-refractivity contribution is -0.142. The van der Waals surface area contributed by atoms with E-state index in [0.717, 1.165) is 17.7 Å². The van der Waals surface area contributed by atoms with Crippen LogP contribution in [0.4, 0.5) is 0 Å². The molecular weight excluding hydrogens is 475 g/mol. The first-order valence-electron chi connectivity index (χ1n) is 12.3. The van der Waals surface area contributed by atoms with E-state index >= 15 is 0 Å². The predicted octanol–water partition coefficient (Wildman–Crippen LogP) is 2.36. The second-order valence-electron chi connectivity index (χ2n) is 9.55. The minimum Gasteiger partial charge on any atom is -0.426 e. The Balaban J connectivity index is 1.40. The second-order valence-corrected chi connectivity index (χ2v) is 10.6. The molecule has 1 aromatic carbocycles. The lowest BCUT2D eigenvalue weighted by atomic mass is 9.64. The lowest BCUT2D eigenvalue weighted by Crippen LogP contribution is -2.65. The maximum Gasteiger partial charge on any atom is 0.475 e. The van der Waals surface area contributed by atoms with Crippen molar-refractivity contribution in [3.8, 4) is 0 Å². The van der Waals surface area contributed by atoms with Crippen LogP contribution < -0.4 is 5.32 Å². The first-order valence-corrected chi connectivity index (χ1v) is 13.2. The Morgan fingerprint density at radius 1 is 1.25 bits per heavy atom. The van der Waals surface area contributed by atoms with E-state index in [0.29, 0.717) is 25.2 Å². The van der Waals surface area contributed by atoms with Crippen molar-refractivity contribution < 1.29 is 19.6 Å². The molecule has 10 heteroatoms. The van der Waals surface area contributed by atoms with Gasteiger partial charge in [-0.25, -0.2) is 4.98 Å². The van der Waals surface area contributed by atoms with Gasteiger partial charge in [0.2, 0.25) is 5.91 Å². The number of carbonyl (C=O) groups is 2. The number of aryl methyl sites for hydroxylation is 1. The third kappa shape index (κ3) is 5.26. The molecule has 0 saturated heterocycles. The standard InChI is InChI=1S/C26H29BN4O4S/c32-25(22-16-28-10-11-29-22)30-21-15-19-14-20-18(9-12-36-19)13-23(20)31(26(21)33)24(27(34)35)8-4-7-17-5-2-1-3-6-17/h1-3,5-6,9-12,14,16,18,20-21,23-24,34-35H,4,7-8,13,15H2,(H,30,32)/t18?,20?,21-,23?,24-/m0/s1. The normalized spacial score (nSPS) is 25.6. The van der Waals surface area contributed by atoms with E-state index in [1.54, 1.807) is 16.7 Å². The molecule has 3 heterocycles. The molecule has 3 N–H and O–H groups in total. The Morgan fingerprint density at radius 2 is 2.08 bits per heavy atom. The molecule has 1 saturated carbocycles. The molecular formula is C26H29BN4O4S. The fourth-order valence-electron chi connectivity index (χ4n) is 5.42. The Morgan fingerprint density at radius 3 is 2.83 bits per heavy atom. The topological polar surface area (TPSA) is 116 Å². The number of rotatable bonds is 8. The van der Waals surface area contributed by atoms with Gasteiger partial charge in [0.05, 0.1) is 12.1 Å². The lowest BCUT2D eigenvalue weighted by Gasteiger charge is -2.52. The Hall–Kier alpha value is -2.95. The summed E-state index contributed by atoms with van der Waals surface area (Å²) in [4.78, 5) is 37.6. The van der Waals surface area contributed by atoms with Crippen LogP contribution in [0.15, 0.2) is 71.4 Å². The van der Waals surface area contributed by atoms with Gasteiger partial charge < -0.3 is 20.3 Å². The number of hydrogen-bond donors (Lipinski definition) is 3. The van der Waals surface area contributed by atoms with Gasteiger partial charge in [-0.1, -0.05) is 42.5 Å². The zero-order valence-corrected chi connectivity index (χ0v) is 20.6. The van der Waals surface area contributed by atoms with Gasteiger partial charge in [0.25, 0.3) is 5.91 Å². The number of allylic oxidation sites excluding steroid dienone is 1. The molecule has 3 aliphatic rings. The molecule has 2 amide bonds. The van der Waals surface area contributed by atoms with E-state index in [1.165, 1.54) is 24.2 Å². The van der Waals surface area contributed by atoms with Crippen LogP contribution in [-0.4, -0.2) is 61.9 Å². The van der Waals surface area contributed by atoms with Gasteiger partial charge in [0.15, 0.2) is 0 Å². The Kier molecular flexibility index (Phi) is 7.55. The summed E-state index contributed by atoms with van der Waals surface area (Å²) in [6.07, 6.45) is 11.7. The van der Waals surface area contributed by atoms with Crippen LogP contribution in [0.3, 0.4) is 0 Å². The molecule has 36 heavy (non-hydrogen) atoms. The molecule has 8 nitrogen and oxygen atoms in total. The van der Waals surface area contributed by atoms with E-state index < -0.39 is 25.0 Å². The van der Waals surface area contributed by atoms with Crippen molar-refractivity contribution in [1.29, 1.82) is 0 Å². The number of carbonyl (C=O) groups excluding carboxylic acids is 2. The first-order chi connectivity index (χ1) is 17.5. The van der Waals surface area contributed by atoms with Crippen LogP contribution in [0, 0.1) is 11.8 Å². The SMILES string of the molecule is O=C(N[C@H]1CC2=CC3C(C=CS2)CC3N([C@@H](CCCc2ccccc2)B(O)O)C1=O)c1cnccn1. The zero-order valence-electron chi connectivity index (χ0n) is 19.8. The fourth-order valence-corrected chi connectivity index (χ4v) is 6.37. The molecule has 5 rings (SSSR count). The quantitative estimate of drug-likeness (QED) is 0.473. The van der Waals surface area contributed by atoms with Crippen molar-refractivity contribution in [3.05, 3.63) is 82.6 Å². The number of benzene rings is 1. The third-order valence-corrected chi connectivity index (χ3v) is 8.20. The first kappa shape index (κ1) is 24.7. The van der Waals surface area contributed by atoms with Crippen molar-refractivity contribution in [2.75, 3.05) is 0 Å². The smallest absolute Gasteiger partial charge is 0.426 e. The van der Waals surface area contributed by atoms with Gasteiger partial charge in [0, 0.05) is 30.8 Å². The van der Waals surface area contributed by atoms with Crippen LogP contribution in [0.1, 0.15) is 41.7 Å². The minimum absolute atomic E-state index is 0.127. The molecule has 1 aromatic heterocycles. The molecule has 2 aliphatic heterocycles. The summed E-state index contributed by atoms with van der Waals surface area (Å²) in [5, 5.41) is 25.8. The molecule has 1 aliphatic carbocycles. The molecule has 5 atom stereocenters. The highest BCUT2D eigenvalue weighted by molar-refractivity contribution is 8.05. The largest absolute Gasteiger partial charge is 0.475 e. The van der Waals surface area contributed by atoms with E-state index in [2.05, 4.69) is 32.8 Å². The second kappa shape index (κ2) is 11.0. The van der Waals surface area contributed by atoms with Crippen molar-refractivity contribution in [1.82, 2.24) is 20.2 Å². The van der Waals surface area contributed by atoms with Gasteiger partial charge in [0.1, 0.15) is 11.7 Å². The summed E-state index contributed by atoms with van der Waals surface area (Å²) in [7, 11) is -1.68. The maximum absolute atomic E-state index is 14.0. The Labute approximate surface area is 215 Å². The molecule has 0 spiro atoms. The van der Waals surface area contributed by atoms with E-state index in [-0.39, 0.29) is 23.6 Å². The highest BCUT2D eigenvalue weighted by Crippen LogP contribution is 2.47. The number of thioether (sulfide) groups is 1. The van der Waals surface area contributed by atoms with E-state index in [1.807, 2.05) is 30.3 Å². The van der Waals surface area contributed by atoms with Gasteiger partial charge in [-0.15, -0.1) is 11.8 Å². The molecule has 2 bridgehead atoms. The maximum atomic E-state index is 14.0. The minimum atomic E-state index is -1.68. The highest BCUT2D eigenvalue weighted by atomic mass is 32.2. The zero-order chi connectivity index (χ0) is 25.1. The number of nitrogens with one attached hydrogen (secondary N) is 1. The van der Waals surface area contributed by atoms with Crippen molar-refractivity contribution in [3.63, 3.8) is 0 Å². The highest BCUT2D eigenvalue weighted by Gasteiger charge is 2.51. The van der Waals surface area contributed by atoms with Gasteiger partial charge in [-0.2, -0.15) is 0 Å². The summed E-state index contributed by atoms with van der Waals surface area (Å²) >= 11 is 1.58. The summed E-state index contributed by atoms with van der Waals surface area (Å²) in [5.74, 6) is -1.08. The van der Waals surface area contributed by atoms with Crippen LogP contribution in [0.25, 0.3) is 0 Å². The molecule has 0 radical (unpaired) electrons. The number of nitrogens with zero attached hydrogens (tertiary/aromatic N) is 3. The van der Waals surface area contributed by atoms with E-state index in [9.17, 15) is 19.6 Å². The number of aromatic nitrogens is 2. The monoisotopic (exact) mass is 504 g/mol. The summed E-state index contributed by atoms with van der Waals surface area (Å²) in [5.41, 5.74) is 1.29. The number of hydrogen-bond acceptors (Lipinski definition) is 7. The van der Waals surface area contributed by atoms with Crippen molar-refractivity contribution in [2.24, 2.45) is 11.8 Å². The molecule has 186 valence electrons. The van der Waals surface area contributed by atoms with Gasteiger partial charge in [-0.3, -0.25) is 14.6 Å². The van der Waals surface area contributed by atoms with Crippen molar-refractivity contribution in [2.45, 2.75) is 50.1 Å². The predicted molar refractivity (Wildman–Crippen MR) is 138 cm³/mol. The van der Waals surface area contributed by atoms with Crippen LogP contribution in [-0.2, 0) is 11.2 Å². The van der Waals surface area contributed by atoms with Gasteiger partial charge in [-0.05, 0) is 47.5 Å². The molecule has 2 aromatic rings. The number of amides is 2. The third-order valence-electron chi connectivity index (χ3n) is 7.30. The Bertz CT molecular complexity index is 1150. The average molecular weight is 504 g/mol. The fraction of sp³-hybridized carbons (Fsp3) is 0.385. The molecule has 3 unspecified atom stereocenters. The average Bonchev–Trinajstić information content (AvgIpc) is 3.05. The summed E-state index contributed by atoms with van der Waals surface area (Å²) < 4.78 is 0. The molecule has 1 fully saturated rings. The summed E-state index contributed by atoms with van der Waals surface area (Å²) in [6, 6.07) is 9.02. The van der Waals surface area contributed by atoms with E-state index in [4.69, 9.17) is 0 Å². The van der Waals surface area contributed by atoms with Crippen LogP contribution >= 0.6 is 11.8 Å². The summed E-state index contributed by atoms with van der Waals surface area (Å²) in [6.45, 7) is 0.